The highest BCUT2D eigenvalue weighted by Gasteiger charge is 2.21. The second-order valence-electron chi connectivity index (χ2n) is 10.1. The molecule has 0 amide bonds. The molecule has 0 bridgehead atoms. The topological polar surface area (TPSA) is 47.7 Å². The van der Waals surface area contributed by atoms with Crippen LogP contribution in [0.5, 0.6) is 11.5 Å². The van der Waals surface area contributed by atoms with E-state index in [2.05, 4.69) is 46.2 Å². The summed E-state index contributed by atoms with van der Waals surface area (Å²) < 4.78 is 16.5. The first kappa shape index (κ1) is 25.8. The monoisotopic (exact) mass is 521 g/mol. The van der Waals surface area contributed by atoms with E-state index in [0.29, 0.717) is 25.8 Å². The summed E-state index contributed by atoms with van der Waals surface area (Å²) in [6, 6.07) is 17.0. The van der Waals surface area contributed by atoms with Gasteiger partial charge in [-0.2, -0.15) is 5.10 Å². The van der Waals surface area contributed by atoms with Crippen molar-refractivity contribution in [3.8, 4) is 11.5 Å². The number of benzene rings is 2. The Morgan fingerprint density at radius 2 is 1.65 bits per heavy atom. The van der Waals surface area contributed by atoms with Crippen LogP contribution in [0.2, 0.25) is 0 Å². The van der Waals surface area contributed by atoms with Crippen molar-refractivity contribution in [2.75, 3.05) is 37.7 Å². The lowest BCUT2D eigenvalue weighted by atomic mass is 9.84. The molecule has 7 nitrogen and oxygen atoms in total. The van der Waals surface area contributed by atoms with Gasteiger partial charge < -0.3 is 18.9 Å². The van der Waals surface area contributed by atoms with E-state index in [0.717, 1.165) is 48.3 Å². The van der Waals surface area contributed by atoms with E-state index in [1.807, 2.05) is 35.4 Å². The van der Waals surface area contributed by atoms with Gasteiger partial charge in [0, 0.05) is 33.2 Å². The number of piperazine rings is 1. The summed E-state index contributed by atoms with van der Waals surface area (Å²) >= 11 is 5.70. The second-order valence-corrected chi connectivity index (χ2v) is 10.5. The van der Waals surface area contributed by atoms with Gasteiger partial charge in [-0.25, -0.2) is 4.68 Å². The van der Waals surface area contributed by atoms with Crippen molar-refractivity contribution < 1.29 is 9.47 Å². The van der Waals surface area contributed by atoms with Crippen LogP contribution in [-0.4, -0.2) is 52.0 Å². The molecule has 1 aliphatic heterocycles. The van der Waals surface area contributed by atoms with Crippen molar-refractivity contribution >= 4 is 17.9 Å². The molecule has 5 rings (SSSR count). The van der Waals surface area contributed by atoms with Crippen molar-refractivity contribution in [2.45, 2.75) is 58.2 Å². The van der Waals surface area contributed by atoms with E-state index in [1.165, 1.54) is 43.4 Å². The fourth-order valence-corrected chi connectivity index (χ4v) is 5.69. The van der Waals surface area contributed by atoms with Crippen LogP contribution < -0.4 is 14.4 Å². The van der Waals surface area contributed by atoms with Crippen LogP contribution in [-0.2, 0) is 20.3 Å². The highest BCUT2D eigenvalue weighted by molar-refractivity contribution is 7.71. The number of nitrogens with zero attached hydrogens (tertiary/aromatic N) is 5. The van der Waals surface area contributed by atoms with Gasteiger partial charge >= 0.3 is 0 Å². The average Bonchev–Trinajstić information content (AvgIpc) is 3.21. The van der Waals surface area contributed by atoms with E-state index in [1.54, 1.807) is 0 Å². The van der Waals surface area contributed by atoms with Crippen molar-refractivity contribution in [2.24, 2.45) is 7.05 Å². The summed E-state index contributed by atoms with van der Waals surface area (Å²) in [5.41, 5.74) is 2.61. The van der Waals surface area contributed by atoms with Crippen molar-refractivity contribution in [1.29, 1.82) is 0 Å². The van der Waals surface area contributed by atoms with Crippen LogP contribution in [0.25, 0.3) is 0 Å². The number of hydrogen-bond donors (Lipinski definition) is 0. The number of anilines is 1. The van der Waals surface area contributed by atoms with Crippen LogP contribution in [0.1, 0.15) is 56.3 Å². The third-order valence-corrected chi connectivity index (χ3v) is 8.15. The minimum absolute atomic E-state index is 0.401. The van der Waals surface area contributed by atoms with Crippen LogP contribution in [0.15, 0.2) is 48.5 Å². The van der Waals surface area contributed by atoms with Gasteiger partial charge in [-0.1, -0.05) is 43.5 Å². The van der Waals surface area contributed by atoms with Gasteiger partial charge in [0.1, 0.15) is 18.1 Å². The maximum atomic E-state index is 6.09. The Labute approximate surface area is 225 Å². The maximum absolute atomic E-state index is 6.09. The van der Waals surface area contributed by atoms with Gasteiger partial charge in [0.2, 0.25) is 0 Å². The lowest BCUT2D eigenvalue weighted by Gasteiger charge is -2.36. The van der Waals surface area contributed by atoms with E-state index >= 15 is 0 Å². The Morgan fingerprint density at radius 3 is 2.38 bits per heavy atom. The predicted molar refractivity (Wildman–Crippen MR) is 150 cm³/mol. The van der Waals surface area contributed by atoms with Crippen LogP contribution in [0.4, 0.5) is 5.69 Å². The maximum Gasteiger partial charge on any atom is 0.198 e. The third kappa shape index (κ3) is 6.18. The van der Waals surface area contributed by atoms with Crippen LogP contribution in [0, 0.1) is 4.77 Å². The van der Waals surface area contributed by atoms with Crippen molar-refractivity contribution in [3.63, 3.8) is 0 Å². The second kappa shape index (κ2) is 12.1. The van der Waals surface area contributed by atoms with Crippen LogP contribution >= 0.6 is 12.2 Å². The summed E-state index contributed by atoms with van der Waals surface area (Å²) in [5.74, 6) is 3.38. The zero-order valence-corrected chi connectivity index (χ0v) is 23.0. The molecule has 2 fully saturated rings. The molecule has 2 aliphatic rings. The zero-order valence-electron chi connectivity index (χ0n) is 22.1. The molecule has 0 unspecified atom stereocenters. The molecule has 1 saturated carbocycles. The molecule has 3 aromatic rings. The summed E-state index contributed by atoms with van der Waals surface area (Å²) in [7, 11) is 1.97. The number of aromatic nitrogens is 3. The molecule has 0 radical (unpaired) electrons. The average molecular weight is 522 g/mol. The standard InChI is InChI=1S/C29H39N5O2S/c1-3-35-27-12-8-7-11-26(27)33-19-17-32(18-20-33)22-34-29(37)31(2)28(30-34)21-36-25-15-13-24(14-16-25)23-9-5-4-6-10-23/h7-8,11-16,23H,3-6,9-10,17-22H2,1-2H3. The van der Waals surface area contributed by atoms with E-state index in [-0.39, 0.29) is 0 Å². The first-order valence-electron chi connectivity index (χ1n) is 13.7. The minimum Gasteiger partial charge on any atom is -0.492 e. The molecule has 1 aromatic heterocycles. The first-order chi connectivity index (χ1) is 18.1. The molecule has 1 saturated heterocycles. The molecule has 0 spiro atoms. The fourth-order valence-electron chi connectivity index (χ4n) is 5.49. The Morgan fingerprint density at radius 1 is 0.919 bits per heavy atom. The lowest BCUT2D eigenvalue weighted by molar-refractivity contribution is 0.192. The fraction of sp³-hybridized carbons (Fsp3) is 0.517. The number of rotatable bonds is 9. The smallest absolute Gasteiger partial charge is 0.198 e. The van der Waals surface area contributed by atoms with E-state index < -0.39 is 0 Å². The molecule has 8 heteroatoms. The summed E-state index contributed by atoms with van der Waals surface area (Å²) in [4.78, 5) is 4.80. The normalized spacial score (nSPS) is 17.2. The molecular weight excluding hydrogens is 482 g/mol. The summed E-state index contributed by atoms with van der Waals surface area (Å²) in [6.45, 7) is 7.55. The Hall–Kier alpha value is -2.84. The number of para-hydroxylation sites is 2. The molecule has 37 heavy (non-hydrogen) atoms. The Kier molecular flexibility index (Phi) is 8.46. The predicted octanol–water partition coefficient (Wildman–Crippen LogP) is 5.76. The molecule has 2 aromatic carbocycles. The Balaban J connectivity index is 1.15. The van der Waals surface area contributed by atoms with Crippen LogP contribution in [0.3, 0.4) is 0 Å². The summed E-state index contributed by atoms with van der Waals surface area (Å²) in [5, 5.41) is 4.80. The largest absolute Gasteiger partial charge is 0.492 e. The highest BCUT2D eigenvalue weighted by atomic mass is 32.1. The van der Waals surface area contributed by atoms with Gasteiger partial charge in [-0.05, 0) is 67.7 Å². The quantitative estimate of drug-likeness (QED) is 0.334. The molecule has 2 heterocycles. The van der Waals surface area contributed by atoms with Gasteiger partial charge in [0.05, 0.1) is 19.0 Å². The molecule has 198 valence electrons. The molecule has 0 atom stereocenters. The van der Waals surface area contributed by atoms with E-state index in [4.69, 9.17) is 26.8 Å². The minimum atomic E-state index is 0.401. The number of ether oxygens (including phenoxy) is 2. The molecular formula is C29H39N5O2S. The lowest BCUT2D eigenvalue weighted by Crippen LogP contribution is -2.47. The zero-order chi connectivity index (χ0) is 25.6. The third-order valence-electron chi connectivity index (χ3n) is 7.67. The molecule has 0 N–H and O–H groups in total. The van der Waals surface area contributed by atoms with Gasteiger partial charge in [0.15, 0.2) is 10.6 Å². The first-order valence-corrected chi connectivity index (χ1v) is 14.1. The van der Waals surface area contributed by atoms with E-state index in [9.17, 15) is 0 Å². The van der Waals surface area contributed by atoms with Crippen molar-refractivity contribution in [1.82, 2.24) is 19.2 Å². The number of hydrogen-bond acceptors (Lipinski definition) is 6. The van der Waals surface area contributed by atoms with Gasteiger partial charge in [-0.15, -0.1) is 0 Å². The van der Waals surface area contributed by atoms with Gasteiger partial charge in [-0.3, -0.25) is 4.90 Å². The SMILES string of the molecule is CCOc1ccccc1N1CCN(Cn2nc(COc3ccc(C4CCCCC4)cc3)n(C)c2=S)CC1. The Bertz CT molecular complexity index is 1210. The highest BCUT2D eigenvalue weighted by Crippen LogP contribution is 2.33. The van der Waals surface area contributed by atoms with Crippen molar-refractivity contribution in [3.05, 3.63) is 64.7 Å². The summed E-state index contributed by atoms with van der Waals surface area (Å²) in [6.07, 6.45) is 6.70. The molecule has 1 aliphatic carbocycles. The van der Waals surface area contributed by atoms with Gasteiger partial charge in [0.25, 0.3) is 0 Å².